The van der Waals surface area contributed by atoms with Crippen LogP contribution < -0.4 is 5.56 Å². The lowest BCUT2D eigenvalue weighted by atomic mass is 10.2. The summed E-state index contributed by atoms with van der Waals surface area (Å²) in [5.74, 6) is -0.0804. The predicted molar refractivity (Wildman–Crippen MR) is 104 cm³/mol. The number of carbonyl (C=O) groups excluding carboxylic acids is 1. The van der Waals surface area contributed by atoms with E-state index in [9.17, 15) is 9.59 Å². The average Bonchev–Trinajstić information content (AvgIpc) is 3.25. The first kappa shape index (κ1) is 17.4. The van der Waals surface area contributed by atoms with Crippen molar-refractivity contribution in [1.29, 1.82) is 0 Å². The minimum atomic E-state index is -0.164. The van der Waals surface area contributed by atoms with Gasteiger partial charge in [-0.15, -0.1) is 22.7 Å². The molecule has 0 saturated carbocycles. The Kier molecular flexibility index (Phi) is 4.64. The van der Waals surface area contributed by atoms with Gasteiger partial charge in [0.1, 0.15) is 11.4 Å². The Hall–Kier alpha value is -2.03. The number of aromatic nitrogens is 2. The molecule has 1 saturated heterocycles. The molecule has 4 heterocycles. The molecule has 8 heteroatoms. The largest absolute Gasteiger partial charge is 0.372 e. The van der Waals surface area contributed by atoms with Gasteiger partial charge in [-0.2, -0.15) is 0 Å². The second-order valence-electron chi connectivity index (χ2n) is 6.54. The molecule has 4 rings (SSSR count). The molecule has 1 fully saturated rings. The number of amides is 1. The number of carbonyl (C=O) groups is 1. The highest BCUT2D eigenvalue weighted by Crippen LogP contribution is 2.33. The van der Waals surface area contributed by atoms with Crippen LogP contribution >= 0.6 is 22.7 Å². The van der Waals surface area contributed by atoms with Crippen LogP contribution in [0.4, 0.5) is 0 Å². The summed E-state index contributed by atoms with van der Waals surface area (Å²) in [6.07, 6.45) is 1.48. The Labute approximate surface area is 158 Å². The average molecular weight is 390 g/mol. The number of rotatable bonds is 3. The first-order valence-electron chi connectivity index (χ1n) is 8.46. The SMILES string of the molecule is CC1CN(C(=O)Cn2cnc3scc(-c4cccs4)c3c2=O)CC(C)O1. The van der Waals surface area contributed by atoms with E-state index in [1.165, 1.54) is 22.2 Å². The summed E-state index contributed by atoms with van der Waals surface area (Å²) >= 11 is 3.04. The van der Waals surface area contributed by atoms with Crippen LogP contribution in [0.3, 0.4) is 0 Å². The molecule has 2 atom stereocenters. The molecule has 6 nitrogen and oxygen atoms in total. The van der Waals surface area contributed by atoms with Crippen LogP contribution in [0.5, 0.6) is 0 Å². The lowest BCUT2D eigenvalue weighted by Gasteiger charge is -2.35. The second kappa shape index (κ2) is 6.94. The van der Waals surface area contributed by atoms with E-state index in [-0.39, 0.29) is 30.2 Å². The minimum absolute atomic E-state index is 0.000933. The number of hydrogen-bond acceptors (Lipinski definition) is 6. The van der Waals surface area contributed by atoms with Crippen LogP contribution in [0.1, 0.15) is 13.8 Å². The van der Waals surface area contributed by atoms with E-state index in [1.54, 1.807) is 16.2 Å². The van der Waals surface area contributed by atoms with Gasteiger partial charge in [0, 0.05) is 28.9 Å². The van der Waals surface area contributed by atoms with Gasteiger partial charge in [-0.1, -0.05) is 6.07 Å². The Morgan fingerprint density at radius 2 is 2.08 bits per heavy atom. The molecule has 1 aliphatic heterocycles. The highest BCUT2D eigenvalue weighted by Gasteiger charge is 2.26. The van der Waals surface area contributed by atoms with Crippen molar-refractivity contribution >= 4 is 38.8 Å². The van der Waals surface area contributed by atoms with Crippen molar-refractivity contribution in [3.8, 4) is 10.4 Å². The topological polar surface area (TPSA) is 64.4 Å². The van der Waals surface area contributed by atoms with Crippen LogP contribution in [-0.2, 0) is 16.1 Å². The number of morpholine rings is 1. The maximum atomic E-state index is 13.0. The number of thiophene rings is 2. The summed E-state index contributed by atoms with van der Waals surface area (Å²) in [7, 11) is 0. The van der Waals surface area contributed by atoms with E-state index in [0.717, 1.165) is 10.4 Å². The third-order valence-electron chi connectivity index (χ3n) is 4.43. The Balaban J connectivity index is 1.65. The second-order valence-corrected chi connectivity index (χ2v) is 8.35. The molecule has 0 spiro atoms. The van der Waals surface area contributed by atoms with E-state index >= 15 is 0 Å². The molecule has 0 N–H and O–H groups in total. The molecule has 0 bridgehead atoms. The maximum Gasteiger partial charge on any atom is 0.263 e. The lowest BCUT2D eigenvalue weighted by molar-refractivity contribution is -0.143. The smallest absolute Gasteiger partial charge is 0.263 e. The molecule has 26 heavy (non-hydrogen) atoms. The highest BCUT2D eigenvalue weighted by atomic mass is 32.1. The number of nitrogens with zero attached hydrogens (tertiary/aromatic N) is 3. The van der Waals surface area contributed by atoms with Crippen LogP contribution in [0.25, 0.3) is 20.7 Å². The van der Waals surface area contributed by atoms with Crippen molar-refractivity contribution in [2.45, 2.75) is 32.6 Å². The van der Waals surface area contributed by atoms with E-state index in [1.807, 2.05) is 36.7 Å². The standard InChI is InChI=1S/C18H19N3O3S2/c1-11-6-20(7-12(2)24-11)15(22)8-21-10-19-17-16(18(21)23)13(9-26-17)14-4-3-5-25-14/h3-5,9-12H,6-8H2,1-2H3. The normalized spacial score (nSPS) is 20.6. The van der Waals surface area contributed by atoms with Crippen LogP contribution in [0.2, 0.25) is 0 Å². The zero-order chi connectivity index (χ0) is 18.3. The Bertz CT molecular complexity index is 983. The van der Waals surface area contributed by atoms with Gasteiger partial charge in [0.05, 0.1) is 23.9 Å². The number of hydrogen-bond donors (Lipinski definition) is 0. The van der Waals surface area contributed by atoms with E-state index in [4.69, 9.17) is 4.74 Å². The summed E-state index contributed by atoms with van der Waals surface area (Å²) in [5.41, 5.74) is 0.732. The molecular formula is C18H19N3O3S2. The van der Waals surface area contributed by atoms with Gasteiger partial charge in [-0.05, 0) is 25.3 Å². The van der Waals surface area contributed by atoms with Crippen LogP contribution in [0, 0.1) is 0 Å². The molecule has 3 aromatic rings. The fourth-order valence-corrected chi connectivity index (χ4v) is 5.04. The summed E-state index contributed by atoms with van der Waals surface area (Å²) in [6, 6.07) is 3.95. The molecule has 3 aromatic heterocycles. The number of fused-ring (bicyclic) bond motifs is 1. The molecule has 136 valence electrons. The zero-order valence-electron chi connectivity index (χ0n) is 14.5. The molecule has 1 aliphatic rings. The van der Waals surface area contributed by atoms with Crippen molar-refractivity contribution < 1.29 is 9.53 Å². The van der Waals surface area contributed by atoms with Crippen molar-refractivity contribution in [2.75, 3.05) is 13.1 Å². The van der Waals surface area contributed by atoms with Gasteiger partial charge in [-0.3, -0.25) is 14.2 Å². The Morgan fingerprint density at radius 1 is 1.31 bits per heavy atom. The summed E-state index contributed by atoms with van der Waals surface area (Å²) in [5, 5.41) is 4.54. The highest BCUT2D eigenvalue weighted by molar-refractivity contribution is 7.18. The van der Waals surface area contributed by atoms with Crippen LogP contribution in [-0.4, -0.2) is 45.7 Å². The van der Waals surface area contributed by atoms with Gasteiger partial charge >= 0.3 is 0 Å². The lowest BCUT2D eigenvalue weighted by Crippen LogP contribution is -2.49. The molecule has 0 aliphatic carbocycles. The van der Waals surface area contributed by atoms with Gasteiger partial charge in [0.25, 0.3) is 5.56 Å². The van der Waals surface area contributed by atoms with E-state index in [2.05, 4.69) is 4.98 Å². The molecule has 0 radical (unpaired) electrons. The molecule has 1 amide bonds. The van der Waals surface area contributed by atoms with Crippen molar-refractivity contribution in [1.82, 2.24) is 14.5 Å². The third kappa shape index (κ3) is 3.20. The van der Waals surface area contributed by atoms with Crippen molar-refractivity contribution in [3.63, 3.8) is 0 Å². The summed E-state index contributed by atoms with van der Waals surface area (Å²) in [6.45, 7) is 5.00. The fourth-order valence-electron chi connectivity index (χ4n) is 3.32. The Morgan fingerprint density at radius 3 is 2.77 bits per heavy atom. The van der Waals surface area contributed by atoms with E-state index in [0.29, 0.717) is 23.3 Å². The molecule has 2 unspecified atom stereocenters. The van der Waals surface area contributed by atoms with Crippen LogP contribution in [0.15, 0.2) is 34.0 Å². The quantitative estimate of drug-likeness (QED) is 0.691. The first-order valence-corrected chi connectivity index (χ1v) is 10.2. The first-order chi connectivity index (χ1) is 12.5. The van der Waals surface area contributed by atoms with Gasteiger partial charge in [-0.25, -0.2) is 4.98 Å². The van der Waals surface area contributed by atoms with E-state index < -0.39 is 0 Å². The predicted octanol–water partition coefficient (Wildman–Crippen LogP) is 2.82. The van der Waals surface area contributed by atoms with Gasteiger partial charge in [0.2, 0.25) is 5.91 Å². The molecule has 0 aromatic carbocycles. The maximum absolute atomic E-state index is 13.0. The molecular weight excluding hydrogens is 370 g/mol. The summed E-state index contributed by atoms with van der Waals surface area (Å²) in [4.78, 5) is 33.6. The number of ether oxygens (including phenoxy) is 1. The van der Waals surface area contributed by atoms with Crippen molar-refractivity contribution in [2.24, 2.45) is 0 Å². The third-order valence-corrected chi connectivity index (χ3v) is 6.21. The minimum Gasteiger partial charge on any atom is -0.372 e. The summed E-state index contributed by atoms with van der Waals surface area (Å²) < 4.78 is 7.09. The van der Waals surface area contributed by atoms with Crippen molar-refractivity contribution in [3.05, 3.63) is 39.6 Å². The van der Waals surface area contributed by atoms with Gasteiger partial charge in [0.15, 0.2) is 0 Å². The zero-order valence-corrected chi connectivity index (χ0v) is 16.2. The van der Waals surface area contributed by atoms with Gasteiger partial charge < -0.3 is 9.64 Å². The monoisotopic (exact) mass is 389 g/mol. The fraction of sp³-hybridized carbons (Fsp3) is 0.389.